The molecule has 4 heteroatoms. The normalized spacial score (nSPS) is 10.2. The van der Waals surface area contributed by atoms with Gasteiger partial charge >= 0.3 is 0 Å². The molecular weight excluding hydrogens is 188 g/mol. The number of hydrogen-bond acceptors (Lipinski definition) is 3. The van der Waals surface area contributed by atoms with Crippen LogP contribution in [0.15, 0.2) is 35.1 Å². The Hall–Kier alpha value is -1.48. The highest BCUT2D eigenvalue weighted by Gasteiger charge is 2.03. The summed E-state index contributed by atoms with van der Waals surface area (Å²) in [5, 5.41) is 0.537. The lowest BCUT2D eigenvalue weighted by Crippen LogP contribution is -1.87. The summed E-state index contributed by atoms with van der Waals surface area (Å²) < 4.78 is 5.10. The van der Waals surface area contributed by atoms with Gasteiger partial charge in [0, 0.05) is 5.56 Å². The number of hydrogen-bond donors (Lipinski definition) is 1. The Labute approximate surface area is 80.1 Å². The maximum absolute atomic E-state index is 5.77. The third-order valence-electron chi connectivity index (χ3n) is 1.68. The van der Waals surface area contributed by atoms with Crippen LogP contribution in [0.4, 0.5) is 5.69 Å². The van der Waals surface area contributed by atoms with Crippen molar-refractivity contribution in [1.82, 2.24) is 4.98 Å². The van der Waals surface area contributed by atoms with Gasteiger partial charge in [0.25, 0.3) is 0 Å². The minimum Gasteiger partial charge on any atom is -0.445 e. The molecule has 0 radical (unpaired) electrons. The van der Waals surface area contributed by atoms with Gasteiger partial charge in [0.1, 0.15) is 6.26 Å². The lowest BCUT2D eigenvalue weighted by Gasteiger charge is -1.99. The Morgan fingerprint density at radius 1 is 1.38 bits per heavy atom. The predicted molar refractivity (Wildman–Crippen MR) is 51.4 cm³/mol. The standard InChI is InChI=1S/C9H7ClN2O/c10-7-2-1-6(5-8(7)11)9-12-3-4-13-9/h1-5H,11H2. The van der Waals surface area contributed by atoms with E-state index in [-0.39, 0.29) is 0 Å². The van der Waals surface area contributed by atoms with Crippen LogP contribution < -0.4 is 5.73 Å². The molecule has 1 aromatic heterocycles. The van der Waals surface area contributed by atoms with E-state index in [4.69, 9.17) is 21.8 Å². The zero-order chi connectivity index (χ0) is 9.26. The van der Waals surface area contributed by atoms with E-state index in [1.165, 1.54) is 6.26 Å². The summed E-state index contributed by atoms with van der Waals surface area (Å²) in [6.45, 7) is 0. The second-order valence-electron chi connectivity index (χ2n) is 2.57. The van der Waals surface area contributed by atoms with Crippen molar-refractivity contribution in [3.05, 3.63) is 35.7 Å². The van der Waals surface area contributed by atoms with Gasteiger partial charge in [-0.1, -0.05) is 11.6 Å². The molecule has 2 aromatic rings. The zero-order valence-corrected chi connectivity index (χ0v) is 7.45. The second-order valence-corrected chi connectivity index (χ2v) is 2.98. The number of halogens is 1. The monoisotopic (exact) mass is 194 g/mol. The highest BCUT2D eigenvalue weighted by Crippen LogP contribution is 2.25. The molecule has 0 unspecified atom stereocenters. The highest BCUT2D eigenvalue weighted by molar-refractivity contribution is 6.33. The van der Waals surface area contributed by atoms with Crippen molar-refractivity contribution >= 4 is 17.3 Å². The number of nitrogen functional groups attached to an aromatic ring is 1. The van der Waals surface area contributed by atoms with Crippen molar-refractivity contribution in [2.75, 3.05) is 5.73 Å². The topological polar surface area (TPSA) is 52.0 Å². The lowest BCUT2D eigenvalue weighted by atomic mass is 10.2. The molecule has 1 aromatic carbocycles. The van der Waals surface area contributed by atoms with Gasteiger partial charge in [-0.2, -0.15) is 0 Å². The lowest BCUT2D eigenvalue weighted by molar-refractivity contribution is 0.574. The van der Waals surface area contributed by atoms with Gasteiger partial charge in [0.2, 0.25) is 5.89 Å². The number of nitrogens with zero attached hydrogens (tertiary/aromatic N) is 1. The third-order valence-corrected chi connectivity index (χ3v) is 2.02. The average Bonchev–Trinajstić information content (AvgIpc) is 2.62. The number of benzene rings is 1. The van der Waals surface area contributed by atoms with Gasteiger partial charge in [-0.3, -0.25) is 0 Å². The minimum atomic E-state index is 0.525. The Bertz CT molecular complexity index is 412. The SMILES string of the molecule is Nc1cc(-c2ncco2)ccc1Cl. The molecule has 0 amide bonds. The molecule has 66 valence electrons. The van der Waals surface area contributed by atoms with Crippen molar-refractivity contribution in [3.63, 3.8) is 0 Å². The van der Waals surface area contributed by atoms with Crippen molar-refractivity contribution in [3.8, 4) is 11.5 Å². The quantitative estimate of drug-likeness (QED) is 0.710. The van der Waals surface area contributed by atoms with Gasteiger partial charge in [-0.05, 0) is 18.2 Å². The van der Waals surface area contributed by atoms with E-state index in [1.54, 1.807) is 18.3 Å². The molecular formula is C9H7ClN2O. The predicted octanol–water partition coefficient (Wildman–Crippen LogP) is 2.58. The summed E-state index contributed by atoms with van der Waals surface area (Å²) in [7, 11) is 0. The molecule has 13 heavy (non-hydrogen) atoms. The van der Waals surface area contributed by atoms with Crippen LogP contribution in [0.25, 0.3) is 11.5 Å². The smallest absolute Gasteiger partial charge is 0.225 e. The van der Waals surface area contributed by atoms with Crippen LogP contribution in [-0.2, 0) is 0 Å². The molecule has 2 N–H and O–H groups in total. The fraction of sp³-hybridized carbons (Fsp3) is 0. The Morgan fingerprint density at radius 3 is 2.85 bits per heavy atom. The number of oxazole rings is 1. The van der Waals surface area contributed by atoms with E-state index in [0.717, 1.165) is 5.56 Å². The van der Waals surface area contributed by atoms with Crippen LogP contribution in [0.2, 0.25) is 5.02 Å². The number of rotatable bonds is 1. The molecule has 0 spiro atoms. The molecule has 0 saturated carbocycles. The Morgan fingerprint density at radius 2 is 2.23 bits per heavy atom. The molecule has 0 aliphatic heterocycles. The third kappa shape index (κ3) is 1.51. The molecule has 0 aliphatic rings. The summed E-state index contributed by atoms with van der Waals surface area (Å²) in [5.41, 5.74) is 6.98. The van der Waals surface area contributed by atoms with Crippen molar-refractivity contribution in [1.29, 1.82) is 0 Å². The molecule has 3 nitrogen and oxygen atoms in total. The summed E-state index contributed by atoms with van der Waals surface area (Å²) in [4.78, 5) is 3.99. The maximum Gasteiger partial charge on any atom is 0.225 e. The minimum absolute atomic E-state index is 0.525. The van der Waals surface area contributed by atoms with E-state index in [2.05, 4.69) is 4.98 Å². The first-order valence-corrected chi connectivity index (χ1v) is 4.10. The first-order valence-electron chi connectivity index (χ1n) is 3.72. The molecule has 2 rings (SSSR count). The van der Waals surface area contributed by atoms with Gasteiger partial charge in [-0.15, -0.1) is 0 Å². The first-order chi connectivity index (χ1) is 6.27. The fourth-order valence-corrected chi connectivity index (χ4v) is 1.16. The van der Waals surface area contributed by atoms with E-state index in [9.17, 15) is 0 Å². The van der Waals surface area contributed by atoms with E-state index >= 15 is 0 Å². The van der Waals surface area contributed by atoms with Gasteiger partial charge in [0.05, 0.1) is 16.9 Å². The van der Waals surface area contributed by atoms with Gasteiger partial charge < -0.3 is 10.2 Å². The molecule has 0 fully saturated rings. The summed E-state index contributed by atoms with van der Waals surface area (Å²) >= 11 is 5.77. The number of nitrogens with two attached hydrogens (primary N) is 1. The number of anilines is 1. The summed E-state index contributed by atoms with van der Waals surface area (Å²) in [6.07, 6.45) is 3.10. The van der Waals surface area contributed by atoms with Crippen LogP contribution in [0.3, 0.4) is 0 Å². The van der Waals surface area contributed by atoms with Crippen LogP contribution in [0.1, 0.15) is 0 Å². The fourth-order valence-electron chi connectivity index (χ4n) is 1.04. The highest BCUT2D eigenvalue weighted by atomic mass is 35.5. The zero-order valence-electron chi connectivity index (χ0n) is 6.70. The van der Waals surface area contributed by atoms with Crippen LogP contribution in [0.5, 0.6) is 0 Å². The van der Waals surface area contributed by atoms with Gasteiger partial charge in [-0.25, -0.2) is 4.98 Å². The van der Waals surface area contributed by atoms with Crippen molar-refractivity contribution in [2.45, 2.75) is 0 Å². The molecule has 0 bridgehead atoms. The van der Waals surface area contributed by atoms with Crippen molar-refractivity contribution < 1.29 is 4.42 Å². The summed E-state index contributed by atoms with van der Waals surface area (Å²) in [5.74, 6) is 0.545. The molecule has 1 heterocycles. The first kappa shape index (κ1) is 8.13. The number of aromatic nitrogens is 1. The van der Waals surface area contributed by atoms with Crippen LogP contribution in [-0.4, -0.2) is 4.98 Å². The van der Waals surface area contributed by atoms with E-state index < -0.39 is 0 Å². The van der Waals surface area contributed by atoms with Crippen LogP contribution >= 0.6 is 11.6 Å². The molecule has 0 saturated heterocycles. The second kappa shape index (κ2) is 3.11. The molecule has 0 aliphatic carbocycles. The van der Waals surface area contributed by atoms with E-state index in [1.807, 2.05) is 6.07 Å². The summed E-state index contributed by atoms with van der Waals surface area (Å²) in [6, 6.07) is 5.26. The van der Waals surface area contributed by atoms with Crippen LogP contribution in [0, 0.1) is 0 Å². The van der Waals surface area contributed by atoms with Crippen molar-refractivity contribution in [2.24, 2.45) is 0 Å². The molecule has 0 atom stereocenters. The maximum atomic E-state index is 5.77. The van der Waals surface area contributed by atoms with E-state index in [0.29, 0.717) is 16.6 Å². The Kier molecular flexibility index (Phi) is 1.94. The Balaban J connectivity index is 2.49. The average molecular weight is 195 g/mol. The van der Waals surface area contributed by atoms with Gasteiger partial charge in [0.15, 0.2) is 0 Å². The largest absolute Gasteiger partial charge is 0.445 e.